The zero-order chi connectivity index (χ0) is 18.8. The Morgan fingerprint density at radius 2 is 2.00 bits per heavy atom. The number of aromatic amines is 1. The lowest BCUT2D eigenvalue weighted by Crippen LogP contribution is -2.26. The van der Waals surface area contributed by atoms with Gasteiger partial charge in [0.1, 0.15) is 11.4 Å². The third kappa shape index (κ3) is 3.87. The van der Waals surface area contributed by atoms with Gasteiger partial charge >= 0.3 is 0 Å². The van der Waals surface area contributed by atoms with Crippen molar-refractivity contribution in [1.82, 2.24) is 15.2 Å². The van der Waals surface area contributed by atoms with E-state index in [0.29, 0.717) is 12.2 Å². The Hall–Kier alpha value is -2.31. The molecule has 0 bridgehead atoms. The molecule has 1 aliphatic rings. The highest BCUT2D eigenvalue weighted by Gasteiger charge is 2.22. The van der Waals surface area contributed by atoms with E-state index in [0.717, 1.165) is 42.0 Å². The number of nitrogens with one attached hydrogen (secondary N) is 2. The van der Waals surface area contributed by atoms with Gasteiger partial charge in [-0.2, -0.15) is 0 Å². The van der Waals surface area contributed by atoms with Crippen molar-refractivity contribution in [1.29, 1.82) is 0 Å². The van der Waals surface area contributed by atoms with Crippen LogP contribution in [0.2, 0.25) is 0 Å². The van der Waals surface area contributed by atoms with Crippen LogP contribution in [0.4, 0.5) is 0 Å². The zero-order valence-electron chi connectivity index (χ0n) is 15.8. The van der Waals surface area contributed by atoms with Crippen molar-refractivity contribution in [2.45, 2.75) is 32.9 Å². The Kier molecular flexibility index (Phi) is 5.18. The Morgan fingerprint density at radius 3 is 2.70 bits per heavy atom. The van der Waals surface area contributed by atoms with Crippen LogP contribution in [0, 0.1) is 6.92 Å². The van der Waals surface area contributed by atoms with Crippen LogP contribution in [0.15, 0.2) is 30.3 Å². The molecule has 0 radical (unpaired) electrons. The number of likely N-dealkylation sites (tertiary alicyclic amines) is 1. The molecule has 2 aromatic heterocycles. The number of methoxy groups -OCH3 is 1. The number of carbonyl (C=O) groups excluding carboxylic acids is 1. The molecule has 1 aromatic carbocycles. The summed E-state index contributed by atoms with van der Waals surface area (Å²) in [6, 6.07) is 9.90. The molecule has 2 N–H and O–H groups in total. The minimum atomic E-state index is -0.0407. The third-order valence-electron chi connectivity index (χ3n) is 5.11. The third-order valence-corrected chi connectivity index (χ3v) is 6.22. The average Bonchev–Trinajstić information content (AvgIpc) is 3.38. The first-order valence-electron chi connectivity index (χ1n) is 9.38. The summed E-state index contributed by atoms with van der Waals surface area (Å²) in [6.45, 7) is 5.68. The summed E-state index contributed by atoms with van der Waals surface area (Å²) in [4.78, 5) is 20.0. The molecule has 1 saturated heterocycles. The number of hydrogen-bond acceptors (Lipinski definition) is 4. The van der Waals surface area contributed by atoms with E-state index in [1.54, 1.807) is 18.4 Å². The van der Waals surface area contributed by atoms with Crippen LogP contribution in [0.25, 0.3) is 10.2 Å². The van der Waals surface area contributed by atoms with Crippen molar-refractivity contribution in [2.24, 2.45) is 0 Å². The normalized spacial score (nSPS) is 14.7. The summed E-state index contributed by atoms with van der Waals surface area (Å²) in [6.07, 6.45) is 2.49. The molecule has 0 atom stereocenters. The average molecular weight is 384 g/mol. The molecule has 1 fully saturated rings. The number of ether oxygens (including phenoxy) is 1. The van der Waals surface area contributed by atoms with Crippen LogP contribution in [-0.2, 0) is 13.1 Å². The molecule has 6 heteroatoms. The molecule has 3 aromatic rings. The summed E-state index contributed by atoms with van der Waals surface area (Å²) in [5, 5.41) is 3.06. The molecule has 142 valence electrons. The largest absolute Gasteiger partial charge is 0.497 e. The molecule has 0 saturated carbocycles. The number of H-pyrrole nitrogens is 1. The van der Waals surface area contributed by atoms with E-state index in [-0.39, 0.29) is 5.91 Å². The topological polar surface area (TPSA) is 57.4 Å². The highest BCUT2D eigenvalue weighted by atomic mass is 32.1. The molecule has 3 heterocycles. The van der Waals surface area contributed by atoms with Gasteiger partial charge in [-0.1, -0.05) is 12.1 Å². The molecular weight excluding hydrogens is 358 g/mol. The van der Waals surface area contributed by atoms with Crippen molar-refractivity contribution in [3.8, 4) is 5.75 Å². The number of carbonyl (C=O) groups is 1. The molecule has 0 unspecified atom stereocenters. The van der Waals surface area contributed by atoms with Gasteiger partial charge in [0.15, 0.2) is 0 Å². The summed E-state index contributed by atoms with van der Waals surface area (Å²) < 4.78 is 6.40. The lowest BCUT2D eigenvalue weighted by Gasteiger charge is -2.15. The number of aryl methyl sites for hydroxylation is 1. The van der Waals surface area contributed by atoms with Crippen LogP contribution < -0.4 is 10.1 Å². The van der Waals surface area contributed by atoms with Crippen LogP contribution >= 0.6 is 11.3 Å². The number of rotatable bonds is 6. The van der Waals surface area contributed by atoms with Gasteiger partial charge in [-0.15, -0.1) is 11.3 Å². The fourth-order valence-corrected chi connectivity index (χ4v) is 4.69. The predicted octanol–water partition coefficient (Wildman–Crippen LogP) is 4.07. The van der Waals surface area contributed by atoms with Crippen LogP contribution in [-0.4, -0.2) is 36.0 Å². The van der Waals surface area contributed by atoms with E-state index in [2.05, 4.69) is 28.2 Å². The van der Waals surface area contributed by atoms with Gasteiger partial charge in [-0.3, -0.25) is 9.69 Å². The van der Waals surface area contributed by atoms with E-state index in [4.69, 9.17) is 4.74 Å². The zero-order valence-corrected chi connectivity index (χ0v) is 16.6. The number of thiophene rings is 1. The summed E-state index contributed by atoms with van der Waals surface area (Å²) in [5.41, 5.74) is 3.96. The summed E-state index contributed by atoms with van der Waals surface area (Å²) in [5.74, 6) is 0.777. The molecule has 5 nitrogen and oxygen atoms in total. The minimum Gasteiger partial charge on any atom is -0.497 e. The number of hydrogen-bond donors (Lipinski definition) is 2. The lowest BCUT2D eigenvalue weighted by atomic mass is 10.2. The number of benzene rings is 1. The molecule has 4 rings (SSSR count). The predicted molar refractivity (Wildman–Crippen MR) is 110 cm³/mol. The van der Waals surface area contributed by atoms with Crippen molar-refractivity contribution in [3.05, 3.63) is 52.0 Å². The van der Waals surface area contributed by atoms with E-state index in [1.807, 2.05) is 24.3 Å². The highest BCUT2D eigenvalue weighted by Crippen LogP contribution is 2.32. The Bertz CT molecular complexity index is 936. The fraction of sp³-hybridized carbons (Fsp3) is 0.381. The Balaban J connectivity index is 1.53. The number of amides is 1. The first-order chi connectivity index (χ1) is 13.1. The summed E-state index contributed by atoms with van der Waals surface area (Å²) >= 11 is 1.77. The van der Waals surface area contributed by atoms with E-state index in [9.17, 15) is 4.79 Å². The maximum atomic E-state index is 12.9. The van der Waals surface area contributed by atoms with Crippen LogP contribution in [0.5, 0.6) is 5.75 Å². The standard InChI is InChI=1S/C21H25N3O2S/c1-14-11-18-20(27-14)17(13-24-9-3-4-10-24)19(23-18)21(25)22-12-15-5-7-16(26-2)8-6-15/h5-8,11,23H,3-4,9-10,12-13H2,1-2H3,(H,22,25). The van der Waals surface area contributed by atoms with Crippen LogP contribution in [0.1, 0.15) is 39.3 Å². The molecular formula is C21H25N3O2S. The maximum Gasteiger partial charge on any atom is 0.268 e. The van der Waals surface area contributed by atoms with Crippen molar-refractivity contribution >= 4 is 27.5 Å². The van der Waals surface area contributed by atoms with Crippen LogP contribution in [0.3, 0.4) is 0 Å². The van der Waals surface area contributed by atoms with Gasteiger partial charge in [0.25, 0.3) is 5.91 Å². The van der Waals surface area contributed by atoms with Gasteiger partial charge in [0.05, 0.1) is 17.3 Å². The molecule has 0 aliphatic carbocycles. The summed E-state index contributed by atoms with van der Waals surface area (Å²) in [7, 11) is 1.65. The fourth-order valence-electron chi connectivity index (χ4n) is 3.68. The van der Waals surface area contributed by atoms with Gasteiger partial charge in [-0.05, 0) is 56.6 Å². The van der Waals surface area contributed by atoms with Gasteiger partial charge in [0, 0.05) is 23.5 Å². The maximum absolute atomic E-state index is 12.9. The lowest BCUT2D eigenvalue weighted by molar-refractivity contribution is 0.0945. The Morgan fingerprint density at radius 1 is 1.26 bits per heavy atom. The first kappa shape index (κ1) is 18.1. The molecule has 1 aliphatic heterocycles. The van der Waals surface area contributed by atoms with E-state index in [1.165, 1.54) is 22.4 Å². The molecule has 27 heavy (non-hydrogen) atoms. The van der Waals surface area contributed by atoms with Gasteiger partial charge in [-0.25, -0.2) is 0 Å². The molecule has 0 spiro atoms. The van der Waals surface area contributed by atoms with Gasteiger partial charge in [0.2, 0.25) is 0 Å². The van der Waals surface area contributed by atoms with Crippen molar-refractivity contribution in [2.75, 3.05) is 20.2 Å². The van der Waals surface area contributed by atoms with E-state index >= 15 is 0 Å². The van der Waals surface area contributed by atoms with E-state index < -0.39 is 0 Å². The second kappa shape index (κ2) is 7.74. The monoisotopic (exact) mass is 383 g/mol. The second-order valence-corrected chi connectivity index (χ2v) is 8.35. The SMILES string of the molecule is COc1ccc(CNC(=O)c2[nH]c3cc(C)sc3c2CN2CCCC2)cc1. The Labute approximate surface area is 163 Å². The smallest absolute Gasteiger partial charge is 0.268 e. The molecule has 1 amide bonds. The number of aromatic nitrogens is 1. The number of fused-ring (bicyclic) bond motifs is 1. The second-order valence-electron chi connectivity index (χ2n) is 7.09. The quantitative estimate of drug-likeness (QED) is 0.675. The van der Waals surface area contributed by atoms with Gasteiger partial charge < -0.3 is 15.0 Å². The van der Waals surface area contributed by atoms with Crippen molar-refractivity contribution in [3.63, 3.8) is 0 Å². The highest BCUT2D eigenvalue weighted by molar-refractivity contribution is 7.19. The number of nitrogens with zero attached hydrogens (tertiary/aromatic N) is 1. The minimum absolute atomic E-state index is 0.0407. The first-order valence-corrected chi connectivity index (χ1v) is 10.2. The van der Waals surface area contributed by atoms with Crippen molar-refractivity contribution < 1.29 is 9.53 Å².